The largest absolute Gasteiger partial charge is 0.389 e. The fourth-order valence-corrected chi connectivity index (χ4v) is 3.10. The first-order valence-corrected chi connectivity index (χ1v) is 7.11. The lowest BCUT2D eigenvalue weighted by molar-refractivity contribution is 0.196. The molecule has 0 aliphatic rings. The summed E-state index contributed by atoms with van der Waals surface area (Å²) in [6, 6.07) is 16.5. The van der Waals surface area contributed by atoms with E-state index in [4.69, 9.17) is 0 Å². The highest BCUT2D eigenvalue weighted by atomic mass is 32.2. The highest BCUT2D eigenvalue weighted by Gasteiger charge is 2.08. The molecule has 2 rings (SSSR count). The van der Waals surface area contributed by atoms with Crippen molar-refractivity contribution in [2.75, 3.05) is 0 Å². The molecule has 0 saturated carbocycles. The Kier molecular flexibility index (Phi) is 4.45. The first-order valence-electron chi connectivity index (χ1n) is 6.13. The summed E-state index contributed by atoms with van der Waals surface area (Å²) in [5.74, 6) is 0.941. The molecule has 1 N–H and O–H groups in total. The summed E-state index contributed by atoms with van der Waals surface area (Å²) in [4.78, 5) is 1.16. The predicted molar refractivity (Wildman–Crippen MR) is 77.8 cm³/mol. The second-order valence-electron chi connectivity index (χ2n) is 4.43. The standard InChI is InChI=1S/C16H18OS/c1-12-7-3-4-8-14(12)11-18-16-10-6-5-9-15(16)13(2)17/h3-10,13,17H,11H2,1-2H3. The van der Waals surface area contributed by atoms with E-state index in [1.165, 1.54) is 11.1 Å². The molecule has 0 saturated heterocycles. The molecule has 0 aromatic heterocycles. The number of benzene rings is 2. The summed E-state index contributed by atoms with van der Waals surface area (Å²) in [5.41, 5.74) is 3.68. The van der Waals surface area contributed by atoms with Crippen molar-refractivity contribution in [1.82, 2.24) is 0 Å². The van der Waals surface area contributed by atoms with Gasteiger partial charge in [0.25, 0.3) is 0 Å². The van der Waals surface area contributed by atoms with Crippen molar-refractivity contribution in [3.05, 3.63) is 65.2 Å². The summed E-state index contributed by atoms with van der Waals surface area (Å²) in [7, 11) is 0. The van der Waals surface area contributed by atoms with Crippen LogP contribution in [0.3, 0.4) is 0 Å². The number of thioether (sulfide) groups is 1. The van der Waals surface area contributed by atoms with Gasteiger partial charge in [-0.2, -0.15) is 0 Å². The Hall–Kier alpha value is -1.25. The van der Waals surface area contributed by atoms with Gasteiger partial charge in [0, 0.05) is 10.6 Å². The van der Waals surface area contributed by atoms with Crippen LogP contribution in [0, 0.1) is 6.92 Å². The summed E-state index contributed by atoms with van der Waals surface area (Å²) in [6.07, 6.45) is -0.412. The SMILES string of the molecule is Cc1ccccc1CSc1ccccc1C(C)O. The maximum atomic E-state index is 9.74. The predicted octanol–water partition coefficient (Wildman–Crippen LogP) is 4.34. The van der Waals surface area contributed by atoms with Crippen LogP contribution in [0.25, 0.3) is 0 Å². The average molecular weight is 258 g/mol. The molecule has 1 nitrogen and oxygen atoms in total. The molecule has 0 heterocycles. The minimum Gasteiger partial charge on any atom is -0.389 e. The molecule has 2 aromatic carbocycles. The zero-order chi connectivity index (χ0) is 13.0. The Bertz CT molecular complexity index is 520. The molecule has 0 fully saturated rings. The van der Waals surface area contributed by atoms with Gasteiger partial charge in [-0.1, -0.05) is 42.5 Å². The van der Waals surface area contributed by atoms with Gasteiger partial charge in [-0.05, 0) is 36.6 Å². The van der Waals surface area contributed by atoms with Crippen molar-refractivity contribution in [3.63, 3.8) is 0 Å². The number of aliphatic hydroxyl groups is 1. The van der Waals surface area contributed by atoms with Crippen LogP contribution in [-0.4, -0.2) is 5.11 Å². The minimum atomic E-state index is -0.412. The van der Waals surface area contributed by atoms with Crippen LogP contribution in [0.5, 0.6) is 0 Å². The fraction of sp³-hybridized carbons (Fsp3) is 0.250. The van der Waals surface area contributed by atoms with E-state index in [2.05, 4.69) is 37.3 Å². The zero-order valence-electron chi connectivity index (χ0n) is 10.8. The number of hydrogen-bond acceptors (Lipinski definition) is 2. The minimum absolute atomic E-state index is 0.412. The topological polar surface area (TPSA) is 20.2 Å². The van der Waals surface area contributed by atoms with E-state index in [0.29, 0.717) is 0 Å². The number of aryl methyl sites for hydroxylation is 1. The molecule has 1 unspecified atom stereocenters. The van der Waals surface area contributed by atoms with E-state index in [1.54, 1.807) is 11.8 Å². The van der Waals surface area contributed by atoms with E-state index in [0.717, 1.165) is 16.2 Å². The van der Waals surface area contributed by atoms with Gasteiger partial charge >= 0.3 is 0 Å². The molecule has 0 spiro atoms. The van der Waals surface area contributed by atoms with Gasteiger partial charge < -0.3 is 5.11 Å². The van der Waals surface area contributed by atoms with E-state index >= 15 is 0 Å². The summed E-state index contributed by atoms with van der Waals surface area (Å²) in [5, 5.41) is 9.74. The Balaban J connectivity index is 2.14. The lowest BCUT2D eigenvalue weighted by Crippen LogP contribution is -1.94. The number of rotatable bonds is 4. The van der Waals surface area contributed by atoms with Crippen molar-refractivity contribution in [3.8, 4) is 0 Å². The fourth-order valence-electron chi connectivity index (χ4n) is 1.88. The molecule has 0 amide bonds. The van der Waals surface area contributed by atoms with Crippen LogP contribution in [0.2, 0.25) is 0 Å². The highest BCUT2D eigenvalue weighted by molar-refractivity contribution is 7.98. The van der Waals surface area contributed by atoms with Gasteiger partial charge in [-0.15, -0.1) is 11.8 Å². The normalized spacial score (nSPS) is 12.4. The zero-order valence-corrected chi connectivity index (χ0v) is 11.6. The Morgan fingerprint density at radius 1 is 1.06 bits per heavy atom. The van der Waals surface area contributed by atoms with Crippen LogP contribution in [-0.2, 0) is 5.75 Å². The molecule has 0 aliphatic heterocycles. The van der Waals surface area contributed by atoms with E-state index in [9.17, 15) is 5.11 Å². The third kappa shape index (κ3) is 3.15. The van der Waals surface area contributed by atoms with Crippen LogP contribution in [0.4, 0.5) is 0 Å². The molecular weight excluding hydrogens is 240 g/mol. The number of aliphatic hydroxyl groups excluding tert-OH is 1. The molecule has 0 aliphatic carbocycles. The maximum Gasteiger partial charge on any atom is 0.0772 e. The van der Waals surface area contributed by atoms with Crippen LogP contribution in [0.15, 0.2) is 53.4 Å². The summed E-state index contributed by atoms with van der Waals surface area (Å²) >= 11 is 1.78. The Morgan fingerprint density at radius 3 is 2.44 bits per heavy atom. The first-order chi connectivity index (χ1) is 8.68. The quantitative estimate of drug-likeness (QED) is 0.823. The third-order valence-electron chi connectivity index (χ3n) is 3.01. The molecule has 94 valence electrons. The molecule has 0 bridgehead atoms. The van der Waals surface area contributed by atoms with E-state index in [1.807, 2.05) is 25.1 Å². The molecule has 2 heteroatoms. The summed E-state index contributed by atoms with van der Waals surface area (Å²) < 4.78 is 0. The van der Waals surface area contributed by atoms with Gasteiger partial charge in [0.2, 0.25) is 0 Å². The molecule has 1 atom stereocenters. The molecule has 2 aromatic rings. The first kappa shape index (κ1) is 13.2. The van der Waals surface area contributed by atoms with Gasteiger partial charge in [-0.3, -0.25) is 0 Å². The van der Waals surface area contributed by atoms with Crippen molar-refractivity contribution in [2.24, 2.45) is 0 Å². The maximum absolute atomic E-state index is 9.74. The Morgan fingerprint density at radius 2 is 1.72 bits per heavy atom. The molecular formula is C16H18OS. The second kappa shape index (κ2) is 6.07. The second-order valence-corrected chi connectivity index (χ2v) is 5.45. The van der Waals surface area contributed by atoms with Gasteiger partial charge in [0.15, 0.2) is 0 Å². The van der Waals surface area contributed by atoms with E-state index in [-0.39, 0.29) is 0 Å². The van der Waals surface area contributed by atoms with Crippen LogP contribution in [0.1, 0.15) is 29.7 Å². The van der Waals surface area contributed by atoms with Crippen LogP contribution < -0.4 is 0 Å². The average Bonchev–Trinajstić information content (AvgIpc) is 2.38. The molecule has 0 radical (unpaired) electrons. The van der Waals surface area contributed by atoms with Gasteiger partial charge in [-0.25, -0.2) is 0 Å². The van der Waals surface area contributed by atoms with Crippen molar-refractivity contribution < 1.29 is 5.11 Å². The van der Waals surface area contributed by atoms with Gasteiger partial charge in [0.05, 0.1) is 6.10 Å². The molecule has 18 heavy (non-hydrogen) atoms. The van der Waals surface area contributed by atoms with Crippen molar-refractivity contribution in [2.45, 2.75) is 30.6 Å². The lowest BCUT2D eigenvalue weighted by atomic mass is 10.1. The highest BCUT2D eigenvalue weighted by Crippen LogP contribution is 2.30. The monoisotopic (exact) mass is 258 g/mol. The smallest absolute Gasteiger partial charge is 0.0772 e. The Labute approximate surface area is 113 Å². The third-order valence-corrected chi connectivity index (χ3v) is 4.15. The number of hydrogen-bond donors (Lipinski definition) is 1. The van der Waals surface area contributed by atoms with E-state index < -0.39 is 6.10 Å². The lowest BCUT2D eigenvalue weighted by Gasteiger charge is -2.12. The van der Waals surface area contributed by atoms with Crippen molar-refractivity contribution in [1.29, 1.82) is 0 Å². The van der Waals surface area contributed by atoms with Gasteiger partial charge in [0.1, 0.15) is 0 Å². The van der Waals surface area contributed by atoms with Crippen molar-refractivity contribution >= 4 is 11.8 Å². The van der Waals surface area contributed by atoms with Crippen LogP contribution >= 0.6 is 11.8 Å². The summed E-state index contributed by atoms with van der Waals surface area (Å²) in [6.45, 7) is 3.95.